The molecule has 1 aromatic carbocycles. The molecule has 0 radical (unpaired) electrons. The van der Waals surface area contributed by atoms with Crippen molar-refractivity contribution in [2.45, 2.75) is 26.8 Å². The van der Waals surface area contributed by atoms with Gasteiger partial charge in [0.05, 0.1) is 24.9 Å². The Labute approximate surface area is 130 Å². The SMILES string of the molecule is CCNCc1ccc(OC)c(OCCc2scnc2C)c1. The Morgan fingerprint density at radius 2 is 2.14 bits per heavy atom. The highest BCUT2D eigenvalue weighted by Crippen LogP contribution is 2.28. The van der Waals surface area contributed by atoms with Crippen LogP contribution >= 0.6 is 11.3 Å². The molecule has 0 unspecified atom stereocenters. The fourth-order valence-corrected chi connectivity index (χ4v) is 2.80. The van der Waals surface area contributed by atoms with Crippen molar-refractivity contribution < 1.29 is 9.47 Å². The quantitative estimate of drug-likeness (QED) is 0.813. The molecule has 2 rings (SSSR count). The van der Waals surface area contributed by atoms with Gasteiger partial charge in [0, 0.05) is 17.8 Å². The van der Waals surface area contributed by atoms with Gasteiger partial charge in [-0.1, -0.05) is 13.0 Å². The zero-order valence-electron chi connectivity index (χ0n) is 12.8. The van der Waals surface area contributed by atoms with Crippen molar-refractivity contribution >= 4 is 11.3 Å². The highest BCUT2D eigenvalue weighted by atomic mass is 32.1. The maximum absolute atomic E-state index is 5.90. The minimum atomic E-state index is 0.629. The van der Waals surface area contributed by atoms with Crippen molar-refractivity contribution in [3.05, 3.63) is 39.8 Å². The van der Waals surface area contributed by atoms with Crippen LogP contribution in [0.2, 0.25) is 0 Å². The van der Waals surface area contributed by atoms with Gasteiger partial charge in [-0.25, -0.2) is 4.98 Å². The van der Waals surface area contributed by atoms with Crippen molar-refractivity contribution in [1.29, 1.82) is 0 Å². The minimum absolute atomic E-state index is 0.629. The van der Waals surface area contributed by atoms with Gasteiger partial charge < -0.3 is 14.8 Å². The summed E-state index contributed by atoms with van der Waals surface area (Å²) >= 11 is 1.68. The van der Waals surface area contributed by atoms with Crippen LogP contribution < -0.4 is 14.8 Å². The third kappa shape index (κ3) is 4.44. The number of aromatic nitrogens is 1. The van der Waals surface area contributed by atoms with Crippen molar-refractivity contribution in [3.63, 3.8) is 0 Å². The average Bonchev–Trinajstić information content (AvgIpc) is 2.91. The summed E-state index contributed by atoms with van der Waals surface area (Å²) in [5, 5.41) is 3.31. The monoisotopic (exact) mass is 306 g/mol. The van der Waals surface area contributed by atoms with Crippen LogP contribution in [0.1, 0.15) is 23.1 Å². The van der Waals surface area contributed by atoms with Gasteiger partial charge in [0.1, 0.15) is 0 Å². The number of hydrogen-bond donors (Lipinski definition) is 1. The normalized spacial score (nSPS) is 10.6. The molecule has 0 fully saturated rings. The number of nitrogens with one attached hydrogen (secondary N) is 1. The number of methoxy groups -OCH3 is 1. The molecule has 21 heavy (non-hydrogen) atoms. The van der Waals surface area contributed by atoms with E-state index in [2.05, 4.69) is 23.3 Å². The molecule has 4 nitrogen and oxygen atoms in total. The standard InChI is InChI=1S/C16H22N2O2S/c1-4-17-10-13-5-6-14(19-3)15(9-13)20-8-7-16-12(2)18-11-21-16/h5-6,9,11,17H,4,7-8,10H2,1-3H3. The van der Waals surface area contributed by atoms with Crippen molar-refractivity contribution in [2.75, 3.05) is 20.3 Å². The first kappa shape index (κ1) is 15.8. The maximum Gasteiger partial charge on any atom is 0.161 e. The zero-order chi connectivity index (χ0) is 15.1. The van der Waals surface area contributed by atoms with Gasteiger partial charge in [0.25, 0.3) is 0 Å². The van der Waals surface area contributed by atoms with Gasteiger partial charge in [-0.3, -0.25) is 0 Å². The molecule has 1 N–H and O–H groups in total. The molecule has 0 atom stereocenters. The van der Waals surface area contributed by atoms with Crippen LogP contribution in [0.5, 0.6) is 11.5 Å². The van der Waals surface area contributed by atoms with Crippen LogP contribution in [-0.2, 0) is 13.0 Å². The van der Waals surface area contributed by atoms with E-state index in [0.717, 1.165) is 36.7 Å². The second-order valence-corrected chi connectivity index (χ2v) is 5.66. The number of hydrogen-bond acceptors (Lipinski definition) is 5. The number of nitrogens with zero attached hydrogens (tertiary/aromatic N) is 1. The summed E-state index contributed by atoms with van der Waals surface area (Å²) in [7, 11) is 1.67. The Kier molecular flexibility index (Phi) is 6.02. The second kappa shape index (κ2) is 8.00. The molecule has 0 saturated carbocycles. The molecule has 0 bridgehead atoms. The predicted octanol–water partition coefficient (Wildman–Crippen LogP) is 3.19. The van der Waals surface area contributed by atoms with E-state index in [1.807, 2.05) is 24.6 Å². The Hall–Kier alpha value is -1.59. The van der Waals surface area contributed by atoms with E-state index in [1.165, 1.54) is 10.4 Å². The lowest BCUT2D eigenvalue weighted by Gasteiger charge is -2.12. The summed E-state index contributed by atoms with van der Waals surface area (Å²) in [5.41, 5.74) is 4.17. The molecule has 0 saturated heterocycles. The molecule has 2 aromatic rings. The first-order valence-electron chi connectivity index (χ1n) is 7.14. The average molecular weight is 306 g/mol. The molecule has 0 spiro atoms. The molecule has 0 amide bonds. The van der Waals surface area contributed by atoms with Crippen LogP contribution in [-0.4, -0.2) is 25.2 Å². The Bertz CT molecular complexity index is 569. The summed E-state index contributed by atoms with van der Waals surface area (Å²) < 4.78 is 11.3. The summed E-state index contributed by atoms with van der Waals surface area (Å²) in [6.45, 7) is 6.55. The third-order valence-electron chi connectivity index (χ3n) is 3.24. The van der Waals surface area contributed by atoms with Gasteiger partial charge in [-0.2, -0.15) is 0 Å². The molecule has 114 valence electrons. The molecular weight excluding hydrogens is 284 g/mol. The Balaban J connectivity index is 1.98. The summed E-state index contributed by atoms with van der Waals surface area (Å²) in [6.07, 6.45) is 0.872. The largest absolute Gasteiger partial charge is 0.493 e. The van der Waals surface area contributed by atoms with Crippen molar-refractivity contribution in [3.8, 4) is 11.5 Å². The van der Waals surface area contributed by atoms with E-state index in [9.17, 15) is 0 Å². The zero-order valence-corrected chi connectivity index (χ0v) is 13.6. The number of aryl methyl sites for hydroxylation is 1. The molecule has 0 aliphatic rings. The highest BCUT2D eigenvalue weighted by molar-refractivity contribution is 7.09. The fraction of sp³-hybridized carbons (Fsp3) is 0.438. The van der Waals surface area contributed by atoms with E-state index in [-0.39, 0.29) is 0 Å². The number of benzene rings is 1. The minimum Gasteiger partial charge on any atom is -0.493 e. The first-order chi connectivity index (χ1) is 10.2. The van der Waals surface area contributed by atoms with Crippen LogP contribution in [0, 0.1) is 6.92 Å². The van der Waals surface area contributed by atoms with E-state index >= 15 is 0 Å². The van der Waals surface area contributed by atoms with E-state index in [1.54, 1.807) is 18.4 Å². The van der Waals surface area contributed by atoms with Gasteiger partial charge >= 0.3 is 0 Å². The van der Waals surface area contributed by atoms with Crippen molar-refractivity contribution in [2.24, 2.45) is 0 Å². The second-order valence-electron chi connectivity index (χ2n) is 4.72. The van der Waals surface area contributed by atoms with E-state index < -0.39 is 0 Å². The topological polar surface area (TPSA) is 43.4 Å². The molecule has 5 heteroatoms. The number of ether oxygens (including phenoxy) is 2. The summed E-state index contributed by atoms with van der Waals surface area (Å²) in [6, 6.07) is 6.06. The smallest absolute Gasteiger partial charge is 0.161 e. The Morgan fingerprint density at radius 1 is 1.29 bits per heavy atom. The van der Waals surface area contributed by atoms with Gasteiger partial charge in [-0.15, -0.1) is 11.3 Å². The van der Waals surface area contributed by atoms with Crippen LogP contribution in [0.25, 0.3) is 0 Å². The van der Waals surface area contributed by atoms with E-state index in [4.69, 9.17) is 9.47 Å². The highest BCUT2D eigenvalue weighted by Gasteiger charge is 2.07. The molecular formula is C16H22N2O2S. The number of rotatable bonds is 8. The molecule has 0 aliphatic carbocycles. The predicted molar refractivity (Wildman–Crippen MR) is 86.4 cm³/mol. The summed E-state index contributed by atoms with van der Waals surface area (Å²) in [4.78, 5) is 5.53. The third-order valence-corrected chi connectivity index (χ3v) is 4.23. The molecule has 1 heterocycles. The van der Waals surface area contributed by atoms with Gasteiger partial charge in [-0.05, 0) is 31.2 Å². The van der Waals surface area contributed by atoms with Crippen LogP contribution in [0.3, 0.4) is 0 Å². The van der Waals surface area contributed by atoms with Crippen LogP contribution in [0.15, 0.2) is 23.7 Å². The molecule has 0 aliphatic heterocycles. The molecule has 1 aromatic heterocycles. The van der Waals surface area contributed by atoms with Crippen molar-refractivity contribution in [1.82, 2.24) is 10.3 Å². The lowest BCUT2D eigenvalue weighted by molar-refractivity contribution is 0.298. The van der Waals surface area contributed by atoms with Gasteiger partial charge in [0.15, 0.2) is 11.5 Å². The van der Waals surface area contributed by atoms with Crippen LogP contribution in [0.4, 0.5) is 0 Å². The van der Waals surface area contributed by atoms with E-state index in [0.29, 0.717) is 6.61 Å². The summed E-state index contributed by atoms with van der Waals surface area (Å²) in [5.74, 6) is 1.58. The lowest BCUT2D eigenvalue weighted by atomic mass is 10.2. The lowest BCUT2D eigenvalue weighted by Crippen LogP contribution is -2.12. The Morgan fingerprint density at radius 3 is 2.81 bits per heavy atom. The van der Waals surface area contributed by atoms with Gasteiger partial charge in [0.2, 0.25) is 0 Å². The fourth-order valence-electron chi connectivity index (χ4n) is 2.03. The first-order valence-corrected chi connectivity index (χ1v) is 8.02. The number of thiazole rings is 1. The maximum atomic E-state index is 5.90.